The van der Waals surface area contributed by atoms with Gasteiger partial charge in [0.05, 0.1) is 6.10 Å². The van der Waals surface area contributed by atoms with Crippen LogP contribution in [0.1, 0.15) is 32.1 Å². The second kappa shape index (κ2) is 5.28. The summed E-state index contributed by atoms with van der Waals surface area (Å²) in [5, 5.41) is 12.8. The third kappa shape index (κ3) is 3.44. The number of rotatable bonds is 4. The molecule has 1 aliphatic heterocycles. The lowest BCUT2D eigenvalue weighted by Gasteiger charge is -2.23. The van der Waals surface area contributed by atoms with E-state index in [0.717, 1.165) is 25.4 Å². The normalized spacial score (nSPS) is 33.0. The first kappa shape index (κ1) is 11.4. The molecule has 3 heteroatoms. The van der Waals surface area contributed by atoms with E-state index < -0.39 is 0 Å². The highest BCUT2D eigenvalue weighted by Gasteiger charge is 2.24. The molecule has 2 atom stereocenters. The molecule has 0 spiro atoms. The molecule has 2 unspecified atom stereocenters. The minimum absolute atomic E-state index is 0.116. The van der Waals surface area contributed by atoms with Gasteiger partial charge in [-0.25, -0.2) is 0 Å². The average molecular weight is 212 g/mol. The largest absolute Gasteiger partial charge is 0.392 e. The number of β-amino-alcohol motifs (C(OH)–C–C–N with tert-alkyl or cyclic N) is 1. The van der Waals surface area contributed by atoms with E-state index in [1.807, 2.05) is 0 Å². The van der Waals surface area contributed by atoms with E-state index in [0.29, 0.717) is 6.04 Å². The molecule has 0 aromatic heterocycles. The van der Waals surface area contributed by atoms with Gasteiger partial charge in [0.15, 0.2) is 0 Å². The SMILES string of the molecule is CN(CC1CCCC1)CC1CC(O)CN1. The van der Waals surface area contributed by atoms with Crippen LogP contribution < -0.4 is 5.32 Å². The molecule has 1 saturated carbocycles. The molecule has 15 heavy (non-hydrogen) atoms. The van der Waals surface area contributed by atoms with Crippen molar-refractivity contribution in [2.45, 2.75) is 44.2 Å². The molecule has 0 aromatic carbocycles. The highest BCUT2D eigenvalue weighted by molar-refractivity contribution is 4.83. The fourth-order valence-electron chi connectivity index (χ4n) is 3.02. The van der Waals surface area contributed by atoms with Crippen molar-refractivity contribution in [1.82, 2.24) is 10.2 Å². The van der Waals surface area contributed by atoms with Gasteiger partial charge in [-0.2, -0.15) is 0 Å². The number of aliphatic hydroxyl groups is 1. The third-order valence-electron chi connectivity index (χ3n) is 3.78. The van der Waals surface area contributed by atoms with Crippen LogP contribution in [-0.4, -0.2) is 48.8 Å². The van der Waals surface area contributed by atoms with Gasteiger partial charge in [0, 0.05) is 25.7 Å². The molecule has 2 aliphatic rings. The van der Waals surface area contributed by atoms with Crippen LogP contribution in [0.3, 0.4) is 0 Å². The number of aliphatic hydroxyl groups excluding tert-OH is 1. The Labute approximate surface area is 92.8 Å². The van der Waals surface area contributed by atoms with E-state index in [2.05, 4.69) is 17.3 Å². The summed E-state index contributed by atoms with van der Waals surface area (Å²) in [5.41, 5.74) is 0. The Morgan fingerprint density at radius 3 is 2.60 bits per heavy atom. The van der Waals surface area contributed by atoms with Crippen LogP contribution in [0.25, 0.3) is 0 Å². The molecule has 1 aliphatic carbocycles. The maximum absolute atomic E-state index is 9.42. The fraction of sp³-hybridized carbons (Fsp3) is 1.00. The monoisotopic (exact) mass is 212 g/mol. The molecule has 1 heterocycles. The van der Waals surface area contributed by atoms with Gasteiger partial charge in [-0.1, -0.05) is 12.8 Å². The molecular formula is C12H24N2O. The molecule has 0 aromatic rings. The van der Waals surface area contributed by atoms with E-state index in [-0.39, 0.29) is 6.10 Å². The Morgan fingerprint density at radius 1 is 1.27 bits per heavy atom. The Kier molecular flexibility index (Phi) is 4.00. The van der Waals surface area contributed by atoms with Crippen LogP contribution in [0.5, 0.6) is 0 Å². The van der Waals surface area contributed by atoms with Gasteiger partial charge in [0.1, 0.15) is 0 Å². The lowest BCUT2D eigenvalue weighted by molar-refractivity contribution is 0.188. The van der Waals surface area contributed by atoms with Gasteiger partial charge in [-0.3, -0.25) is 0 Å². The molecular weight excluding hydrogens is 188 g/mol. The fourth-order valence-corrected chi connectivity index (χ4v) is 3.02. The van der Waals surface area contributed by atoms with Crippen molar-refractivity contribution < 1.29 is 5.11 Å². The Hall–Kier alpha value is -0.120. The van der Waals surface area contributed by atoms with Gasteiger partial charge < -0.3 is 15.3 Å². The second-order valence-corrected chi connectivity index (χ2v) is 5.37. The van der Waals surface area contributed by atoms with E-state index in [1.54, 1.807) is 0 Å². The van der Waals surface area contributed by atoms with Crippen LogP contribution in [0.4, 0.5) is 0 Å². The molecule has 0 bridgehead atoms. The smallest absolute Gasteiger partial charge is 0.0680 e. The van der Waals surface area contributed by atoms with Crippen LogP contribution in [0.15, 0.2) is 0 Å². The molecule has 0 radical (unpaired) electrons. The quantitative estimate of drug-likeness (QED) is 0.724. The van der Waals surface area contributed by atoms with Gasteiger partial charge in [0.2, 0.25) is 0 Å². The molecule has 2 N–H and O–H groups in total. The van der Waals surface area contributed by atoms with Crippen molar-refractivity contribution in [1.29, 1.82) is 0 Å². The zero-order valence-corrected chi connectivity index (χ0v) is 9.78. The Bertz CT molecular complexity index is 192. The van der Waals surface area contributed by atoms with Crippen LogP contribution in [-0.2, 0) is 0 Å². The Morgan fingerprint density at radius 2 is 2.00 bits per heavy atom. The summed E-state index contributed by atoms with van der Waals surface area (Å²) in [7, 11) is 2.21. The number of hydrogen-bond donors (Lipinski definition) is 2. The van der Waals surface area contributed by atoms with E-state index in [4.69, 9.17) is 0 Å². The van der Waals surface area contributed by atoms with Gasteiger partial charge in [0.25, 0.3) is 0 Å². The van der Waals surface area contributed by atoms with Gasteiger partial charge >= 0.3 is 0 Å². The van der Waals surface area contributed by atoms with Crippen molar-refractivity contribution >= 4 is 0 Å². The number of hydrogen-bond acceptors (Lipinski definition) is 3. The summed E-state index contributed by atoms with van der Waals surface area (Å²) in [5.74, 6) is 0.932. The van der Waals surface area contributed by atoms with E-state index in [1.165, 1.54) is 32.2 Å². The van der Waals surface area contributed by atoms with Crippen molar-refractivity contribution in [3.05, 3.63) is 0 Å². The molecule has 0 amide bonds. The number of likely N-dealkylation sites (N-methyl/N-ethyl adjacent to an activating group) is 1. The molecule has 3 nitrogen and oxygen atoms in total. The predicted octanol–water partition coefficient (Wildman–Crippen LogP) is 0.831. The predicted molar refractivity (Wildman–Crippen MR) is 61.9 cm³/mol. The highest BCUT2D eigenvalue weighted by atomic mass is 16.3. The first-order chi connectivity index (χ1) is 7.24. The minimum Gasteiger partial charge on any atom is -0.392 e. The Balaban J connectivity index is 1.65. The molecule has 2 rings (SSSR count). The van der Waals surface area contributed by atoms with Crippen molar-refractivity contribution in [3.63, 3.8) is 0 Å². The van der Waals surface area contributed by atoms with Crippen LogP contribution in [0, 0.1) is 5.92 Å². The third-order valence-corrected chi connectivity index (χ3v) is 3.78. The van der Waals surface area contributed by atoms with E-state index >= 15 is 0 Å². The minimum atomic E-state index is -0.116. The molecule has 88 valence electrons. The summed E-state index contributed by atoms with van der Waals surface area (Å²) >= 11 is 0. The van der Waals surface area contributed by atoms with Crippen molar-refractivity contribution in [3.8, 4) is 0 Å². The maximum Gasteiger partial charge on any atom is 0.0680 e. The lowest BCUT2D eigenvalue weighted by atomic mass is 10.1. The zero-order valence-electron chi connectivity index (χ0n) is 9.78. The zero-order chi connectivity index (χ0) is 10.7. The summed E-state index contributed by atoms with van der Waals surface area (Å²) < 4.78 is 0. The molecule has 2 fully saturated rings. The standard InChI is InChI=1S/C12H24N2O/c1-14(8-10-4-2-3-5-10)9-11-6-12(15)7-13-11/h10-13,15H,2-9H2,1H3. The summed E-state index contributed by atoms with van der Waals surface area (Å²) in [6.07, 6.45) is 6.51. The summed E-state index contributed by atoms with van der Waals surface area (Å²) in [6.45, 7) is 3.11. The topological polar surface area (TPSA) is 35.5 Å². The van der Waals surface area contributed by atoms with Crippen molar-refractivity contribution in [2.24, 2.45) is 5.92 Å². The number of nitrogens with one attached hydrogen (secondary N) is 1. The molecule has 1 saturated heterocycles. The first-order valence-corrected chi connectivity index (χ1v) is 6.34. The van der Waals surface area contributed by atoms with Crippen LogP contribution in [0.2, 0.25) is 0 Å². The number of nitrogens with zero attached hydrogens (tertiary/aromatic N) is 1. The summed E-state index contributed by atoms with van der Waals surface area (Å²) in [4.78, 5) is 2.44. The van der Waals surface area contributed by atoms with E-state index in [9.17, 15) is 5.11 Å². The first-order valence-electron chi connectivity index (χ1n) is 6.34. The van der Waals surface area contributed by atoms with Crippen molar-refractivity contribution in [2.75, 3.05) is 26.7 Å². The second-order valence-electron chi connectivity index (χ2n) is 5.37. The van der Waals surface area contributed by atoms with Gasteiger partial charge in [-0.15, -0.1) is 0 Å². The van der Waals surface area contributed by atoms with Gasteiger partial charge in [-0.05, 0) is 32.2 Å². The van der Waals surface area contributed by atoms with Crippen LogP contribution >= 0.6 is 0 Å². The lowest BCUT2D eigenvalue weighted by Crippen LogP contribution is -2.37. The highest BCUT2D eigenvalue weighted by Crippen LogP contribution is 2.25. The maximum atomic E-state index is 9.42. The average Bonchev–Trinajstić information content (AvgIpc) is 2.77. The summed E-state index contributed by atoms with van der Waals surface area (Å²) in [6, 6.07) is 0.506.